The minimum absolute atomic E-state index is 0.153. The molecule has 1 atom stereocenters. The highest BCUT2D eigenvalue weighted by molar-refractivity contribution is 7.87. The van der Waals surface area contributed by atoms with Gasteiger partial charge < -0.3 is 4.90 Å². The summed E-state index contributed by atoms with van der Waals surface area (Å²) in [5.41, 5.74) is 0.519. The van der Waals surface area contributed by atoms with E-state index in [4.69, 9.17) is 11.6 Å². The summed E-state index contributed by atoms with van der Waals surface area (Å²) in [6, 6.07) is 6.35. The zero-order valence-electron chi connectivity index (χ0n) is 8.64. The van der Waals surface area contributed by atoms with Gasteiger partial charge in [-0.05, 0) is 24.3 Å². The number of anilines is 1. The van der Waals surface area contributed by atoms with Gasteiger partial charge in [-0.15, -0.1) is 3.89 Å². The number of carbonyl (C=O) groups excluding carboxylic acids is 1. The van der Waals surface area contributed by atoms with Crippen LogP contribution in [0.15, 0.2) is 24.3 Å². The van der Waals surface area contributed by atoms with Crippen LogP contribution < -0.4 is 4.90 Å². The van der Waals surface area contributed by atoms with E-state index in [1.165, 1.54) is 4.90 Å². The lowest BCUT2D eigenvalue weighted by atomic mass is 10.3. The van der Waals surface area contributed by atoms with Crippen molar-refractivity contribution >= 4 is 33.4 Å². The normalized spacial score (nSPS) is 20.9. The van der Waals surface area contributed by atoms with E-state index in [2.05, 4.69) is 0 Å². The average Bonchev–Trinajstić information content (AvgIpc) is 2.61. The van der Waals surface area contributed by atoms with Crippen LogP contribution in [0.4, 0.5) is 9.57 Å². The van der Waals surface area contributed by atoms with Gasteiger partial charge in [0, 0.05) is 23.7 Å². The predicted molar refractivity (Wildman–Crippen MR) is 62.2 cm³/mol. The smallest absolute Gasteiger partial charge is 0.307 e. The lowest BCUT2D eigenvalue weighted by molar-refractivity contribution is -0.117. The highest BCUT2D eigenvalue weighted by Gasteiger charge is 2.38. The van der Waals surface area contributed by atoms with Crippen molar-refractivity contribution < 1.29 is 17.1 Å². The third-order valence-corrected chi connectivity index (χ3v) is 3.99. The Bertz CT molecular complexity index is 543. The fraction of sp³-hybridized carbons (Fsp3) is 0.300. The number of rotatable bonds is 2. The minimum atomic E-state index is -4.67. The van der Waals surface area contributed by atoms with Crippen molar-refractivity contribution in [3.8, 4) is 0 Å². The van der Waals surface area contributed by atoms with Crippen LogP contribution in [0, 0.1) is 0 Å². The molecule has 4 nitrogen and oxygen atoms in total. The Morgan fingerprint density at radius 3 is 2.35 bits per heavy atom. The quantitative estimate of drug-likeness (QED) is 0.774. The van der Waals surface area contributed by atoms with Crippen LogP contribution in [0.3, 0.4) is 0 Å². The van der Waals surface area contributed by atoms with E-state index in [0.717, 1.165) is 0 Å². The van der Waals surface area contributed by atoms with E-state index in [-0.39, 0.29) is 13.0 Å². The standard InChI is InChI=1S/C10H9ClFNO3S/c11-7-1-3-8(4-2-7)13-6-9(5-10(13)14)17(12,15)16/h1-4,9H,5-6H2. The molecule has 2 rings (SSSR count). The van der Waals surface area contributed by atoms with Gasteiger partial charge in [0.2, 0.25) is 5.91 Å². The number of hydrogen-bond donors (Lipinski definition) is 0. The van der Waals surface area contributed by atoms with Gasteiger partial charge in [0.15, 0.2) is 0 Å². The van der Waals surface area contributed by atoms with Crippen molar-refractivity contribution in [3.05, 3.63) is 29.3 Å². The molecule has 0 saturated carbocycles. The molecule has 92 valence electrons. The van der Waals surface area contributed by atoms with Crippen LogP contribution >= 0.6 is 11.6 Å². The molecule has 1 aliphatic rings. The number of benzene rings is 1. The van der Waals surface area contributed by atoms with Gasteiger partial charge in [-0.3, -0.25) is 4.79 Å². The topological polar surface area (TPSA) is 54.5 Å². The Labute approximate surface area is 103 Å². The maximum atomic E-state index is 12.8. The van der Waals surface area contributed by atoms with E-state index >= 15 is 0 Å². The second kappa shape index (κ2) is 4.27. The molecule has 17 heavy (non-hydrogen) atoms. The summed E-state index contributed by atoms with van der Waals surface area (Å²) in [5, 5.41) is -0.763. The summed E-state index contributed by atoms with van der Waals surface area (Å²) >= 11 is 5.70. The Balaban J connectivity index is 2.24. The molecule has 0 aromatic heterocycles. The Kier molecular flexibility index (Phi) is 3.09. The molecule has 1 fully saturated rings. The first-order chi connectivity index (χ1) is 7.88. The number of nitrogens with zero attached hydrogens (tertiary/aromatic N) is 1. The van der Waals surface area contributed by atoms with Crippen molar-refractivity contribution in [2.75, 3.05) is 11.4 Å². The van der Waals surface area contributed by atoms with Crippen molar-refractivity contribution in [1.82, 2.24) is 0 Å². The average molecular weight is 278 g/mol. The molecule has 0 radical (unpaired) electrons. The van der Waals surface area contributed by atoms with Gasteiger partial charge in [-0.1, -0.05) is 11.6 Å². The summed E-state index contributed by atoms with van der Waals surface area (Å²) in [6.45, 7) is -0.153. The summed E-state index contributed by atoms with van der Waals surface area (Å²) < 4.78 is 34.3. The molecule has 0 N–H and O–H groups in total. The van der Waals surface area contributed by atoms with Crippen LogP contribution in [-0.2, 0) is 15.0 Å². The van der Waals surface area contributed by atoms with Crippen molar-refractivity contribution in [1.29, 1.82) is 0 Å². The SMILES string of the molecule is O=C1CC(S(=O)(=O)F)CN1c1ccc(Cl)cc1. The molecule has 1 aromatic rings. The van der Waals surface area contributed by atoms with E-state index < -0.39 is 21.4 Å². The van der Waals surface area contributed by atoms with E-state index in [9.17, 15) is 17.1 Å². The highest BCUT2D eigenvalue weighted by atomic mass is 35.5. The molecule has 0 bridgehead atoms. The van der Waals surface area contributed by atoms with Crippen molar-refractivity contribution in [2.24, 2.45) is 0 Å². The van der Waals surface area contributed by atoms with Crippen molar-refractivity contribution in [3.63, 3.8) is 0 Å². The number of hydrogen-bond acceptors (Lipinski definition) is 3. The minimum Gasteiger partial charge on any atom is -0.311 e. The van der Waals surface area contributed by atoms with Gasteiger partial charge in [-0.2, -0.15) is 8.42 Å². The highest BCUT2D eigenvalue weighted by Crippen LogP contribution is 2.26. The maximum Gasteiger partial charge on any atom is 0.307 e. The van der Waals surface area contributed by atoms with E-state index in [1.54, 1.807) is 24.3 Å². The third-order valence-electron chi connectivity index (χ3n) is 2.63. The van der Waals surface area contributed by atoms with E-state index in [1.807, 2.05) is 0 Å². The van der Waals surface area contributed by atoms with Crippen LogP contribution in [-0.4, -0.2) is 26.1 Å². The summed E-state index contributed by atoms with van der Waals surface area (Å²) in [4.78, 5) is 12.8. The summed E-state index contributed by atoms with van der Waals surface area (Å²) in [7, 11) is -4.67. The Hall–Kier alpha value is -1.14. The van der Waals surface area contributed by atoms with Crippen LogP contribution in [0.5, 0.6) is 0 Å². The number of amides is 1. The summed E-state index contributed by atoms with van der Waals surface area (Å²) in [5.74, 6) is -0.404. The predicted octanol–water partition coefficient (Wildman–Crippen LogP) is 1.74. The molecule has 0 aliphatic carbocycles. The summed E-state index contributed by atoms with van der Waals surface area (Å²) in [6.07, 6.45) is -0.318. The molecule has 1 aliphatic heterocycles. The first-order valence-corrected chi connectivity index (χ1v) is 6.70. The molecule has 0 spiro atoms. The second-order valence-corrected chi connectivity index (χ2v) is 5.84. The molecular weight excluding hydrogens is 269 g/mol. The zero-order chi connectivity index (χ0) is 12.6. The molecule has 1 unspecified atom stereocenters. The maximum absolute atomic E-state index is 12.8. The van der Waals surface area contributed by atoms with Crippen LogP contribution in [0.1, 0.15) is 6.42 Å². The Morgan fingerprint density at radius 1 is 1.29 bits per heavy atom. The number of halogens is 2. The first kappa shape index (κ1) is 12.3. The van der Waals surface area contributed by atoms with Gasteiger partial charge in [0.05, 0.1) is 0 Å². The molecule has 1 amide bonds. The van der Waals surface area contributed by atoms with Crippen LogP contribution in [0.25, 0.3) is 0 Å². The van der Waals surface area contributed by atoms with Gasteiger partial charge in [0.25, 0.3) is 0 Å². The molecule has 1 heterocycles. The monoisotopic (exact) mass is 277 g/mol. The van der Waals surface area contributed by atoms with Gasteiger partial charge >= 0.3 is 10.2 Å². The molecular formula is C10H9ClFNO3S. The van der Waals surface area contributed by atoms with Gasteiger partial charge in [-0.25, -0.2) is 0 Å². The van der Waals surface area contributed by atoms with Gasteiger partial charge in [0.1, 0.15) is 5.25 Å². The van der Waals surface area contributed by atoms with Crippen LogP contribution in [0.2, 0.25) is 5.02 Å². The third kappa shape index (κ3) is 2.58. The molecule has 7 heteroatoms. The number of carbonyl (C=O) groups is 1. The molecule has 1 saturated heterocycles. The molecule has 1 aromatic carbocycles. The lowest BCUT2D eigenvalue weighted by Crippen LogP contribution is -2.26. The fourth-order valence-electron chi connectivity index (χ4n) is 1.73. The largest absolute Gasteiger partial charge is 0.311 e. The zero-order valence-corrected chi connectivity index (χ0v) is 10.2. The second-order valence-electron chi connectivity index (χ2n) is 3.78. The first-order valence-electron chi connectivity index (χ1n) is 4.87. The Morgan fingerprint density at radius 2 is 1.88 bits per heavy atom. The van der Waals surface area contributed by atoms with Crippen molar-refractivity contribution in [2.45, 2.75) is 11.7 Å². The van der Waals surface area contributed by atoms with E-state index in [0.29, 0.717) is 10.7 Å². The fourth-order valence-corrected chi connectivity index (χ4v) is 2.53. The lowest BCUT2D eigenvalue weighted by Gasteiger charge is -2.15.